The molecular formula is C42H50N6O4. The molecule has 0 fully saturated rings. The van der Waals surface area contributed by atoms with E-state index in [2.05, 4.69) is 97.2 Å². The van der Waals surface area contributed by atoms with Crippen LogP contribution in [0, 0.1) is 0 Å². The van der Waals surface area contributed by atoms with Gasteiger partial charge in [-0.15, -0.1) is 0 Å². The summed E-state index contributed by atoms with van der Waals surface area (Å²) in [5.41, 5.74) is 5.69. The molecule has 0 saturated carbocycles. The van der Waals surface area contributed by atoms with Gasteiger partial charge in [0, 0.05) is 18.7 Å². The fourth-order valence-electron chi connectivity index (χ4n) is 6.44. The molecule has 0 spiro atoms. The first-order valence-corrected chi connectivity index (χ1v) is 18.2. The van der Waals surface area contributed by atoms with Gasteiger partial charge in [-0.2, -0.15) is 0 Å². The van der Waals surface area contributed by atoms with Crippen LogP contribution in [0.15, 0.2) is 103 Å². The molecule has 3 aromatic heterocycles. The summed E-state index contributed by atoms with van der Waals surface area (Å²) in [6, 6.07) is 28.8. The van der Waals surface area contributed by atoms with E-state index in [0.29, 0.717) is 17.6 Å². The molecule has 10 nitrogen and oxygen atoms in total. The molecule has 272 valence electrons. The second-order valence-corrected chi connectivity index (χ2v) is 14.0. The molecule has 0 unspecified atom stereocenters. The number of nitrogens with zero attached hydrogens (tertiary/aromatic N) is 4. The summed E-state index contributed by atoms with van der Waals surface area (Å²) in [6.45, 7) is 6.04. The smallest absolute Gasteiger partial charge is 0.412 e. The van der Waals surface area contributed by atoms with Crippen molar-refractivity contribution in [3.8, 4) is 22.4 Å². The van der Waals surface area contributed by atoms with Gasteiger partial charge in [0.1, 0.15) is 5.65 Å². The highest BCUT2D eigenvalue weighted by molar-refractivity contribution is 6.10. The highest BCUT2D eigenvalue weighted by Gasteiger charge is 2.24. The third kappa shape index (κ3) is 9.32. The van der Waals surface area contributed by atoms with Crippen LogP contribution in [0.3, 0.4) is 0 Å². The molecule has 10 heteroatoms. The number of rotatable bonds is 18. The molecule has 0 bridgehead atoms. The van der Waals surface area contributed by atoms with E-state index in [-0.39, 0.29) is 11.3 Å². The summed E-state index contributed by atoms with van der Waals surface area (Å²) in [7, 11) is 8.41. The van der Waals surface area contributed by atoms with Crippen LogP contribution < -0.4 is 21.9 Å². The number of nitrogens with one attached hydrogen (secondary N) is 2. The lowest BCUT2D eigenvalue weighted by Crippen LogP contribution is -2.21. The summed E-state index contributed by atoms with van der Waals surface area (Å²) < 4.78 is 13.2. The van der Waals surface area contributed by atoms with Gasteiger partial charge in [-0.05, 0) is 114 Å². The molecule has 6 aromatic rings. The minimum Gasteiger partial charge on any atom is -0.412 e. The van der Waals surface area contributed by atoms with Gasteiger partial charge in [-0.25, -0.2) is 14.6 Å². The highest BCUT2D eigenvalue weighted by atomic mass is 16.5. The second-order valence-electron chi connectivity index (χ2n) is 14.0. The third-order valence-corrected chi connectivity index (χ3v) is 9.25. The van der Waals surface area contributed by atoms with Gasteiger partial charge in [-0.3, -0.25) is 4.57 Å². The quantitative estimate of drug-likeness (QED) is 0.0784. The summed E-state index contributed by atoms with van der Waals surface area (Å²) in [5.74, 6) is 0. The van der Waals surface area contributed by atoms with Crippen molar-refractivity contribution >= 4 is 22.3 Å². The Morgan fingerprint density at radius 1 is 0.654 bits per heavy atom. The fourth-order valence-corrected chi connectivity index (χ4v) is 6.44. The molecule has 3 heterocycles. The first-order valence-electron chi connectivity index (χ1n) is 18.2. The van der Waals surface area contributed by atoms with E-state index in [9.17, 15) is 9.59 Å². The van der Waals surface area contributed by atoms with E-state index in [4.69, 9.17) is 13.8 Å². The Kier molecular flexibility index (Phi) is 12.5. The zero-order chi connectivity index (χ0) is 36.5. The molecule has 52 heavy (non-hydrogen) atoms. The first-order chi connectivity index (χ1) is 25.3. The Hall–Kier alpha value is -4.87. The van der Waals surface area contributed by atoms with Crippen molar-refractivity contribution in [3.63, 3.8) is 0 Å². The molecule has 0 aliphatic rings. The zero-order valence-corrected chi connectivity index (χ0v) is 30.8. The molecule has 3 aromatic carbocycles. The predicted octanol–water partition coefficient (Wildman–Crippen LogP) is 6.34. The van der Waals surface area contributed by atoms with Gasteiger partial charge in [0.25, 0.3) is 0 Å². The van der Waals surface area contributed by atoms with E-state index >= 15 is 0 Å². The summed E-state index contributed by atoms with van der Waals surface area (Å²) >= 11 is 0. The van der Waals surface area contributed by atoms with Crippen LogP contribution in [0.5, 0.6) is 0 Å². The Labute approximate surface area is 305 Å². The predicted molar refractivity (Wildman–Crippen MR) is 210 cm³/mol. The lowest BCUT2D eigenvalue weighted by atomic mass is 9.98. The monoisotopic (exact) mass is 702 g/mol. The number of benzene rings is 3. The molecule has 0 saturated heterocycles. The summed E-state index contributed by atoms with van der Waals surface area (Å²) in [4.78, 5) is 34.7. The average Bonchev–Trinajstić information content (AvgIpc) is 3.43. The van der Waals surface area contributed by atoms with Crippen LogP contribution in [0.4, 0.5) is 0 Å². The molecule has 2 N–H and O–H groups in total. The van der Waals surface area contributed by atoms with Crippen LogP contribution in [-0.4, -0.2) is 73.7 Å². The van der Waals surface area contributed by atoms with Crippen molar-refractivity contribution in [1.82, 2.24) is 30.0 Å². The highest BCUT2D eigenvalue weighted by Crippen LogP contribution is 2.38. The first kappa shape index (κ1) is 36.9. The van der Waals surface area contributed by atoms with Crippen LogP contribution in [0.2, 0.25) is 0 Å². The Morgan fingerprint density at radius 2 is 1.21 bits per heavy atom. The number of unbranched alkanes of at least 4 members (excludes halogenated alkanes) is 2. The molecule has 0 aliphatic carbocycles. The summed E-state index contributed by atoms with van der Waals surface area (Å²) in [5, 5.41) is 7.74. The van der Waals surface area contributed by atoms with E-state index < -0.39 is 11.3 Å². The molecule has 0 atom stereocenters. The Balaban J connectivity index is 1.36. The molecule has 0 radical (unpaired) electrons. The largest absolute Gasteiger partial charge is 0.424 e. The van der Waals surface area contributed by atoms with Gasteiger partial charge >= 0.3 is 11.3 Å². The second kappa shape index (κ2) is 17.6. The van der Waals surface area contributed by atoms with E-state index in [1.54, 1.807) is 0 Å². The minimum atomic E-state index is -1.05. The van der Waals surface area contributed by atoms with Crippen molar-refractivity contribution in [3.05, 3.63) is 122 Å². The maximum absolute atomic E-state index is 12.6. The Bertz CT molecular complexity index is 2170. The van der Waals surface area contributed by atoms with Crippen LogP contribution >= 0.6 is 0 Å². The lowest BCUT2D eigenvalue weighted by Gasteiger charge is -2.12. The van der Waals surface area contributed by atoms with Gasteiger partial charge in [0.2, 0.25) is 11.3 Å². The lowest BCUT2D eigenvalue weighted by molar-refractivity contribution is 0.391. The molecule has 6 rings (SSSR count). The maximum atomic E-state index is 12.6. The van der Waals surface area contributed by atoms with Crippen molar-refractivity contribution < 1.29 is 8.83 Å². The third-order valence-electron chi connectivity index (χ3n) is 9.25. The number of hydrogen-bond acceptors (Lipinski definition) is 9. The molecule has 0 amide bonds. The number of aromatic nitrogens is 2. The maximum Gasteiger partial charge on any atom is 0.424 e. The normalized spacial score (nSPS) is 11.8. The van der Waals surface area contributed by atoms with E-state index in [1.807, 2.05) is 41.0 Å². The van der Waals surface area contributed by atoms with Crippen molar-refractivity contribution in [1.29, 1.82) is 0 Å². The summed E-state index contributed by atoms with van der Waals surface area (Å²) in [6.07, 6.45) is 4.58. The van der Waals surface area contributed by atoms with Crippen molar-refractivity contribution in [2.45, 2.75) is 45.3 Å². The van der Waals surface area contributed by atoms with Gasteiger partial charge in [0.05, 0.1) is 17.6 Å². The minimum absolute atomic E-state index is 0.177. The fraction of sp³-hybridized carbons (Fsp3) is 0.357. The van der Waals surface area contributed by atoms with Crippen LogP contribution in [0.25, 0.3) is 44.7 Å². The van der Waals surface area contributed by atoms with Gasteiger partial charge < -0.3 is 29.3 Å². The van der Waals surface area contributed by atoms with E-state index in [0.717, 1.165) is 86.5 Å². The Morgan fingerprint density at radius 3 is 1.79 bits per heavy atom. The van der Waals surface area contributed by atoms with Crippen LogP contribution in [-0.2, 0) is 19.6 Å². The average molecular weight is 703 g/mol. The van der Waals surface area contributed by atoms with Crippen molar-refractivity contribution in [2.24, 2.45) is 0 Å². The van der Waals surface area contributed by atoms with Gasteiger partial charge in [0.15, 0.2) is 0 Å². The number of pyridine rings is 1. The van der Waals surface area contributed by atoms with E-state index in [1.165, 1.54) is 17.5 Å². The standard InChI is InChI=1S/C42H50N6O4/c1-46(2)24-10-8-22-43-27-30-14-18-33(19-15-30)35-26-36(34-20-16-31(17-21-34)28-44-23-9-11-25-47(3)4)45-39-37(35)38-40(52-42(50)41(49)51-38)48(39)29-32-12-6-5-7-13-32/h5-7,12-21,26,43-44H,8-11,22-25,27-29H2,1-4H3. The van der Waals surface area contributed by atoms with Crippen LogP contribution in [0.1, 0.15) is 42.4 Å². The SMILES string of the molecule is CN(C)CCCCNCc1ccc(-c2cc(-c3ccc(CNCCCCN(C)C)cc3)c3c4oc(=O)c(=O)oc4n(Cc4ccccc4)c3n2)cc1. The number of fused-ring (bicyclic) bond motifs is 3. The topological polar surface area (TPSA) is 109 Å². The zero-order valence-electron chi connectivity index (χ0n) is 30.8. The van der Waals surface area contributed by atoms with Gasteiger partial charge in [-0.1, -0.05) is 78.9 Å². The van der Waals surface area contributed by atoms with Crippen molar-refractivity contribution in [2.75, 3.05) is 54.4 Å². The molecule has 0 aliphatic heterocycles. The molecular weight excluding hydrogens is 652 g/mol. The number of hydrogen-bond donors (Lipinski definition) is 2.